The molecule has 0 radical (unpaired) electrons. The molecule has 2 aliphatic heterocycles. The van der Waals surface area contributed by atoms with Gasteiger partial charge in [0.05, 0.1) is 17.8 Å². The Hall–Kier alpha value is -3.26. The fourth-order valence-electron chi connectivity index (χ4n) is 4.22. The third kappa shape index (κ3) is 4.50. The molecule has 8 heteroatoms. The quantitative estimate of drug-likeness (QED) is 0.663. The molecule has 2 saturated heterocycles. The highest BCUT2D eigenvalue weighted by Gasteiger charge is 2.20. The average Bonchev–Trinajstić information content (AvgIpc) is 2.84. The van der Waals surface area contributed by atoms with Gasteiger partial charge in [-0.25, -0.2) is 9.97 Å². The number of benzene rings is 1. The molecule has 1 amide bonds. The first-order chi connectivity index (χ1) is 15.7. The first-order valence-electron chi connectivity index (χ1n) is 11.2. The summed E-state index contributed by atoms with van der Waals surface area (Å²) in [5.74, 6) is 0.871. The molecule has 2 aromatic heterocycles. The third-order valence-electron chi connectivity index (χ3n) is 6.28. The number of pyridine rings is 1. The predicted octanol–water partition coefficient (Wildman–Crippen LogP) is 2.35. The molecule has 1 aromatic carbocycles. The van der Waals surface area contributed by atoms with Crippen LogP contribution in [-0.4, -0.2) is 72.1 Å². The molecule has 8 nitrogen and oxygen atoms in total. The van der Waals surface area contributed by atoms with Crippen molar-refractivity contribution in [3.63, 3.8) is 0 Å². The van der Waals surface area contributed by atoms with E-state index in [0.717, 1.165) is 49.4 Å². The van der Waals surface area contributed by atoms with Crippen molar-refractivity contribution in [1.29, 1.82) is 0 Å². The van der Waals surface area contributed by atoms with E-state index in [0.29, 0.717) is 31.0 Å². The van der Waals surface area contributed by atoms with Gasteiger partial charge in [0.1, 0.15) is 0 Å². The Labute approximate surface area is 187 Å². The van der Waals surface area contributed by atoms with Crippen molar-refractivity contribution in [2.24, 2.45) is 5.92 Å². The van der Waals surface area contributed by atoms with E-state index < -0.39 is 0 Å². The van der Waals surface area contributed by atoms with Crippen LogP contribution >= 0.6 is 0 Å². The van der Waals surface area contributed by atoms with Crippen molar-refractivity contribution in [1.82, 2.24) is 25.2 Å². The number of amides is 1. The average molecular weight is 433 g/mol. The zero-order valence-electron chi connectivity index (χ0n) is 18.3. The van der Waals surface area contributed by atoms with Crippen molar-refractivity contribution in [2.75, 3.05) is 51.3 Å². The first-order valence-corrected chi connectivity index (χ1v) is 11.2. The smallest absolute Gasteiger partial charge is 0.242 e. The number of carbonyl (C=O) groups excluding carboxylic acids is 1. The number of hydrogen-bond donors (Lipinski definition) is 1. The highest BCUT2D eigenvalue weighted by atomic mass is 16.5. The molecule has 3 aromatic rings. The van der Waals surface area contributed by atoms with Crippen LogP contribution in [0.5, 0.6) is 5.88 Å². The summed E-state index contributed by atoms with van der Waals surface area (Å²) >= 11 is 0. The van der Waals surface area contributed by atoms with Gasteiger partial charge in [-0.3, -0.25) is 9.78 Å². The lowest BCUT2D eigenvalue weighted by molar-refractivity contribution is -0.123. The second-order valence-electron chi connectivity index (χ2n) is 8.59. The normalized spacial score (nSPS) is 19.7. The lowest BCUT2D eigenvalue weighted by atomic mass is 10.0. The number of hydrogen-bond acceptors (Lipinski definition) is 7. The minimum atomic E-state index is 0.109. The molecule has 0 saturated carbocycles. The van der Waals surface area contributed by atoms with E-state index in [4.69, 9.17) is 9.72 Å². The molecule has 0 spiro atoms. The summed E-state index contributed by atoms with van der Waals surface area (Å²) in [6.45, 7) is 5.37. The van der Waals surface area contributed by atoms with Crippen LogP contribution in [0.15, 0.2) is 42.7 Å². The Kier molecular flexibility index (Phi) is 5.85. The molecular formula is C24H28N6O2. The van der Waals surface area contributed by atoms with Crippen molar-refractivity contribution in [3.8, 4) is 17.1 Å². The summed E-state index contributed by atoms with van der Waals surface area (Å²) in [6, 6.07) is 10.5. The van der Waals surface area contributed by atoms with Crippen molar-refractivity contribution in [2.45, 2.75) is 12.8 Å². The standard InChI is InChI=1S/C24H28N6O2/c1-29-10-12-30(13-11-29)19-5-3-18(4-6-19)20-14-21-23(26-9-8-25-21)24(28-20)32-16-17-2-7-22(31)27-15-17/h3-6,8-9,14,17H,2,7,10-13,15-16H2,1H3,(H,27,31). The zero-order valence-corrected chi connectivity index (χ0v) is 18.3. The fraction of sp³-hybridized carbons (Fsp3) is 0.417. The van der Waals surface area contributed by atoms with Crippen LogP contribution in [0.2, 0.25) is 0 Å². The molecule has 5 rings (SSSR count). The summed E-state index contributed by atoms with van der Waals surface area (Å²) in [5.41, 5.74) is 4.48. The van der Waals surface area contributed by atoms with Gasteiger partial charge in [-0.05, 0) is 31.7 Å². The van der Waals surface area contributed by atoms with Crippen LogP contribution in [0.3, 0.4) is 0 Å². The Morgan fingerprint density at radius 2 is 1.88 bits per heavy atom. The van der Waals surface area contributed by atoms with Crippen molar-refractivity contribution in [3.05, 3.63) is 42.7 Å². The molecule has 1 atom stereocenters. The highest BCUT2D eigenvalue weighted by Crippen LogP contribution is 2.29. The van der Waals surface area contributed by atoms with Gasteiger partial charge in [0.2, 0.25) is 11.8 Å². The van der Waals surface area contributed by atoms with Gasteiger partial charge in [0.25, 0.3) is 0 Å². The number of aromatic nitrogens is 3. The lowest BCUT2D eigenvalue weighted by Crippen LogP contribution is -2.44. The number of carbonyl (C=O) groups is 1. The summed E-state index contributed by atoms with van der Waals surface area (Å²) in [6.07, 6.45) is 4.70. The van der Waals surface area contributed by atoms with Gasteiger partial charge in [-0.2, -0.15) is 0 Å². The van der Waals surface area contributed by atoms with Gasteiger partial charge >= 0.3 is 0 Å². The largest absolute Gasteiger partial charge is 0.476 e. The van der Waals surface area contributed by atoms with E-state index in [9.17, 15) is 4.79 Å². The fourth-order valence-corrected chi connectivity index (χ4v) is 4.22. The maximum Gasteiger partial charge on any atom is 0.242 e. The van der Waals surface area contributed by atoms with Crippen LogP contribution in [0.1, 0.15) is 12.8 Å². The predicted molar refractivity (Wildman–Crippen MR) is 124 cm³/mol. The SMILES string of the molecule is CN1CCN(c2ccc(-c3cc4nccnc4c(OCC4CCC(=O)NC4)n3)cc2)CC1. The number of fused-ring (bicyclic) bond motifs is 1. The minimum absolute atomic E-state index is 0.109. The summed E-state index contributed by atoms with van der Waals surface area (Å²) in [7, 11) is 2.17. The number of piperazine rings is 1. The number of piperidine rings is 1. The maximum absolute atomic E-state index is 11.4. The van der Waals surface area contributed by atoms with Gasteiger partial charge in [-0.15, -0.1) is 0 Å². The molecule has 0 aliphatic carbocycles. The number of ether oxygens (including phenoxy) is 1. The topological polar surface area (TPSA) is 83.5 Å². The summed E-state index contributed by atoms with van der Waals surface area (Å²) in [4.78, 5) is 29.9. The molecule has 2 aliphatic rings. The second-order valence-corrected chi connectivity index (χ2v) is 8.59. The Morgan fingerprint density at radius 3 is 2.62 bits per heavy atom. The van der Waals surface area contributed by atoms with E-state index in [1.54, 1.807) is 12.4 Å². The van der Waals surface area contributed by atoms with Crippen LogP contribution in [0, 0.1) is 5.92 Å². The molecular weight excluding hydrogens is 404 g/mol. The number of nitrogens with zero attached hydrogens (tertiary/aromatic N) is 5. The van der Waals surface area contributed by atoms with Crippen LogP contribution in [-0.2, 0) is 4.79 Å². The third-order valence-corrected chi connectivity index (χ3v) is 6.28. The molecule has 32 heavy (non-hydrogen) atoms. The molecule has 166 valence electrons. The summed E-state index contributed by atoms with van der Waals surface area (Å²) < 4.78 is 6.11. The van der Waals surface area contributed by atoms with Crippen molar-refractivity contribution < 1.29 is 9.53 Å². The minimum Gasteiger partial charge on any atom is -0.476 e. The van der Waals surface area contributed by atoms with E-state index >= 15 is 0 Å². The van der Waals surface area contributed by atoms with Crippen LogP contribution in [0.25, 0.3) is 22.3 Å². The molecule has 1 unspecified atom stereocenters. The number of rotatable bonds is 5. The Morgan fingerprint density at radius 1 is 1.09 bits per heavy atom. The van der Waals surface area contributed by atoms with Crippen LogP contribution < -0.4 is 15.0 Å². The lowest BCUT2D eigenvalue weighted by Gasteiger charge is -2.34. The van der Waals surface area contributed by atoms with Crippen LogP contribution in [0.4, 0.5) is 5.69 Å². The zero-order chi connectivity index (χ0) is 21.9. The van der Waals surface area contributed by atoms with E-state index in [1.165, 1.54) is 5.69 Å². The van der Waals surface area contributed by atoms with Crippen molar-refractivity contribution >= 4 is 22.6 Å². The van der Waals surface area contributed by atoms with E-state index in [2.05, 4.69) is 56.4 Å². The monoisotopic (exact) mass is 432 g/mol. The molecule has 2 fully saturated rings. The number of likely N-dealkylation sites (N-methyl/N-ethyl adjacent to an activating group) is 1. The highest BCUT2D eigenvalue weighted by molar-refractivity contribution is 5.83. The van der Waals surface area contributed by atoms with E-state index in [1.807, 2.05) is 6.07 Å². The van der Waals surface area contributed by atoms with Gasteiger partial charge in [0.15, 0.2) is 5.52 Å². The molecule has 0 bridgehead atoms. The maximum atomic E-state index is 11.4. The summed E-state index contributed by atoms with van der Waals surface area (Å²) in [5, 5.41) is 2.90. The van der Waals surface area contributed by atoms with Gasteiger partial charge in [0, 0.05) is 68.7 Å². The molecule has 1 N–H and O–H groups in total. The number of anilines is 1. The Balaban J connectivity index is 1.37. The Bertz CT molecular complexity index is 1090. The van der Waals surface area contributed by atoms with Gasteiger partial charge < -0.3 is 19.9 Å². The van der Waals surface area contributed by atoms with Gasteiger partial charge in [-0.1, -0.05) is 12.1 Å². The second kappa shape index (κ2) is 9.08. The molecule has 4 heterocycles. The van der Waals surface area contributed by atoms with E-state index in [-0.39, 0.29) is 11.8 Å². The number of nitrogens with one attached hydrogen (secondary N) is 1. The first kappa shape index (κ1) is 20.6.